The van der Waals surface area contributed by atoms with Crippen LogP contribution in [0.25, 0.3) is 0 Å². The van der Waals surface area contributed by atoms with E-state index < -0.39 is 0 Å². The molecule has 0 aliphatic heterocycles. The highest BCUT2D eigenvalue weighted by atomic mass is 14.5. The third kappa shape index (κ3) is 26.5. The van der Waals surface area contributed by atoms with Gasteiger partial charge in [0.15, 0.2) is 0 Å². The van der Waals surface area contributed by atoms with Crippen LogP contribution in [0.1, 0.15) is 12.8 Å². The molecule has 4 nitrogen and oxygen atoms in total. The van der Waals surface area contributed by atoms with Gasteiger partial charge in [0.25, 0.3) is 0 Å². The van der Waals surface area contributed by atoms with Gasteiger partial charge in [0.05, 0.1) is 0 Å². The number of hydrogen-bond donors (Lipinski definition) is 4. The first-order chi connectivity index (χ1) is 5.33. The molecule has 11 heavy (non-hydrogen) atoms. The van der Waals surface area contributed by atoms with Crippen molar-refractivity contribution in [2.24, 2.45) is 22.9 Å². The molecule has 0 aliphatic carbocycles. The first kappa shape index (κ1) is 13.0. The van der Waals surface area contributed by atoms with Gasteiger partial charge in [0.2, 0.25) is 0 Å². The second kappa shape index (κ2) is 16.2. The molecule has 0 aromatic carbocycles. The molecule has 0 rings (SSSR count). The van der Waals surface area contributed by atoms with Crippen LogP contribution < -0.4 is 22.9 Å². The number of rotatable bonds is 4. The molecule has 0 atom stereocenters. The zero-order valence-electron chi connectivity index (χ0n) is 7.00. The molecule has 4 heteroatoms. The van der Waals surface area contributed by atoms with Crippen molar-refractivity contribution in [1.29, 1.82) is 0 Å². The summed E-state index contributed by atoms with van der Waals surface area (Å²) in [4.78, 5) is 0. The summed E-state index contributed by atoms with van der Waals surface area (Å²) in [7, 11) is 0. The SMILES string of the molecule is NC=CCN.NCCCCN. The maximum Gasteiger partial charge on any atom is 0.0123 e. The predicted octanol–water partition coefficient (Wildman–Crippen LogP) is -0.898. The Morgan fingerprint density at radius 2 is 1.36 bits per heavy atom. The van der Waals surface area contributed by atoms with Gasteiger partial charge in [-0.1, -0.05) is 6.08 Å². The molecule has 8 N–H and O–H groups in total. The topological polar surface area (TPSA) is 104 Å². The molecule has 0 saturated heterocycles. The fourth-order valence-electron chi connectivity index (χ4n) is 0.367. The van der Waals surface area contributed by atoms with Gasteiger partial charge in [-0.15, -0.1) is 0 Å². The van der Waals surface area contributed by atoms with Gasteiger partial charge in [-0.2, -0.15) is 0 Å². The minimum Gasteiger partial charge on any atom is -0.405 e. The van der Waals surface area contributed by atoms with Crippen molar-refractivity contribution < 1.29 is 0 Å². The van der Waals surface area contributed by atoms with Gasteiger partial charge in [-0.3, -0.25) is 0 Å². The quantitative estimate of drug-likeness (QED) is 0.400. The van der Waals surface area contributed by atoms with Crippen molar-refractivity contribution in [3.63, 3.8) is 0 Å². The number of nitrogens with two attached hydrogens (primary N) is 4. The zero-order valence-corrected chi connectivity index (χ0v) is 7.00. The predicted molar refractivity (Wildman–Crippen MR) is 49.7 cm³/mol. The van der Waals surface area contributed by atoms with Crippen LogP contribution >= 0.6 is 0 Å². The Balaban J connectivity index is 0. The molecular formula is C7H20N4. The summed E-state index contributed by atoms with van der Waals surface area (Å²) in [6, 6.07) is 0. The molecule has 0 unspecified atom stereocenters. The fourth-order valence-corrected chi connectivity index (χ4v) is 0.367. The maximum absolute atomic E-state index is 5.16. The summed E-state index contributed by atoms with van der Waals surface area (Å²) < 4.78 is 0. The standard InChI is InChI=1S/C4H12N2.C3H8N2/c5-3-1-2-4-6;4-2-1-3-5/h1-6H2;1-2H,3-5H2. The van der Waals surface area contributed by atoms with E-state index in [-0.39, 0.29) is 0 Å². The van der Waals surface area contributed by atoms with E-state index in [1.165, 1.54) is 6.20 Å². The van der Waals surface area contributed by atoms with Crippen LogP contribution in [0.3, 0.4) is 0 Å². The van der Waals surface area contributed by atoms with Crippen molar-refractivity contribution in [3.8, 4) is 0 Å². The molecular weight excluding hydrogens is 140 g/mol. The van der Waals surface area contributed by atoms with E-state index in [2.05, 4.69) is 0 Å². The van der Waals surface area contributed by atoms with Gasteiger partial charge in [0, 0.05) is 6.54 Å². The first-order valence-electron chi connectivity index (χ1n) is 3.80. The summed E-state index contributed by atoms with van der Waals surface area (Å²) >= 11 is 0. The van der Waals surface area contributed by atoms with Crippen LogP contribution in [0.2, 0.25) is 0 Å². The Morgan fingerprint density at radius 1 is 0.909 bits per heavy atom. The highest BCUT2D eigenvalue weighted by Crippen LogP contribution is 1.77. The van der Waals surface area contributed by atoms with Crippen LogP contribution in [0.5, 0.6) is 0 Å². The highest BCUT2D eigenvalue weighted by Gasteiger charge is 1.75. The molecule has 0 spiro atoms. The van der Waals surface area contributed by atoms with Crippen LogP contribution in [0, 0.1) is 0 Å². The molecule has 0 radical (unpaired) electrons. The lowest BCUT2D eigenvalue weighted by Gasteiger charge is -1.87. The minimum absolute atomic E-state index is 0.538. The van der Waals surface area contributed by atoms with E-state index in [1.807, 2.05) is 0 Å². The van der Waals surface area contributed by atoms with E-state index in [1.54, 1.807) is 6.08 Å². The van der Waals surface area contributed by atoms with Crippen LogP contribution in [-0.4, -0.2) is 19.6 Å². The third-order valence-corrected chi connectivity index (χ3v) is 0.930. The number of hydrogen-bond acceptors (Lipinski definition) is 4. The van der Waals surface area contributed by atoms with Gasteiger partial charge in [-0.05, 0) is 32.1 Å². The van der Waals surface area contributed by atoms with Gasteiger partial charge >= 0.3 is 0 Å². The third-order valence-electron chi connectivity index (χ3n) is 0.930. The van der Waals surface area contributed by atoms with E-state index in [0.29, 0.717) is 6.54 Å². The van der Waals surface area contributed by atoms with Crippen molar-refractivity contribution in [2.45, 2.75) is 12.8 Å². The minimum atomic E-state index is 0.538. The first-order valence-corrected chi connectivity index (χ1v) is 3.80. The molecule has 0 aliphatic rings. The second-order valence-corrected chi connectivity index (χ2v) is 1.95. The molecule has 0 aromatic rings. The second-order valence-electron chi connectivity index (χ2n) is 1.95. The Morgan fingerprint density at radius 3 is 1.45 bits per heavy atom. The maximum atomic E-state index is 5.16. The Kier molecular flexibility index (Phi) is 19.2. The van der Waals surface area contributed by atoms with Gasteiger partial charge in [-0.25, -0.2) is 0 Å². The van der Waals surface area contributed by atoms with Crippen molar-refractivity contribution in [1.82, 2.24) is 0 Å². The molecule has 0 heterocycles. The lowest BCUT2D eigenvalue weighted by atomic mass is 10.3. The largest absolute Gasteiger partial charge is 0.405 e. The van der Waals surface area contributed by atoms with Crippen LogP contribution in [0.4, 0.5) is 0 Å². The lowest BCUT2D eigenvalue weighted by Crippen LogP contribution is -2.03. The summed E-state index contributed by atoms with van der Waals surface area (Å²) in [6.07, 6.45) is 5.24. The van der Waals surface area contributed by atoms with Gasteiger partial charge < -0.3 is 22.9 Å². The highest BCUT2D eigenvalue weighted by molar-refractivity contribution is 4.75. The van der Waals surface area contributed by atoms with Crippen LogP contribution in [-0.2, 0) is 0 Å². The van der Waals surface area contributed by atoms with E-state index in [0.717, 1.165) is 25.9 Å². The molecule has 0 aromatic heterocycles. The van der Waals surface area contributed by atoms with E-state index >= 15 is 0 Å². The Bertz CT molecular complexity index is 68.8. The van der Waals surface area contributed by atoms with Crippen molar-refractivity contribution >= 4 is 0 Å². The normalized spacial score (nSPS) is 9.36. The number of unbranched alkanes of at least 4 members (excludes halogenated alkanes) is 1. The summed E-state index contributed by atoms with van der Waals surface area (Å²) in [6.45, 7) is 2.09. The molecule has 0 bridgehead atoms. The van der Waals surface area contributed by atoms with Crippen molar-refractivity contribution in [3.05, 3.63) is 12.3 Å². The smallest absolute Gasteiger partial charge is 0.0123 e. The molecule has 68 valence electrons. The molecule has 0 amide bonds. The van der Waals surface area contributed by atoms with Crippen molar-refractivity contribution in [2.75, 3.05) is 19.6 Å². The Labute approximate surface area is 68.6 Å². The summed E-state index contributed by atoms with van der Waals surface area (Å²) in [5.74, 6) is 0. The van der Waals surface area contributed by atoms with Crippen LogP contribution in [0.15, 0.2) is 12.3 Å². The average molecular weight is 160 g/mol. The average Bonchev–Trinajstić information content (AvgIpc) is 2.04. The Hall–Kier alpha value is -0.580. The zero-order chi connectivity index (χ0) is 8.95. The summed E-state index contributed by atoms with van der Waals surface area (Å²) in [5, 5.41) is 0. The van der Waals surface area contributed by atoms with Gasteiger partial charge in [0.1, 0.15) is 0 Å². The lowest BCUT2D eigenvalue weighted by molar-refractivity contribution is 0.755. The molecule has 0 fully saturated rings. The fraction of sp³-hybridized carbons (Fsp3) is 0.714. The monoisotopic (exact) mass is 160 g/mol. The summed E-state index contributed by atoms with van der Waals surface area (Å²) in [5.41, 5.74) is 20.2. The van der Waals surface area contributed by atoms with E-state index in [4.69, 9.17) is 22.9 Å². The molecule has 0 saturated carbocycles. The van der Waals surface area contributed by atoms with E-state index in [9.17, 15) is 0 Å².